The molecule has 1 saturated carbocycles. The zero-order valence-electron chi connectivity index (χ0n) is 8.42. The third kappa shape index (κ3) is 2.06. The Labute approximate surface area is 89.2 Å². The first-order valence-electron chi connectivity index (χ1n) is 5.38. The van der Waals surface area contributed by atoms with Crippen molar-refractivity contribution in [3.05, 3.63) is 0 Å². The Morgan fingerprint density at radius 3 is 2.71 bits per heavy atom. The summed E-state index contributed by atoms with van der Waals surface area (Å²) in [5, 5.41) is 3.08. The molecule has 14 heavy (non-hydrogen) atoms. The van der Waals surface area contributed by atoms with Crippen LogP contribution in [0, 0.1) is 0 Å². The predicted octanol–water partition coefficient (Wildman–Crippen LogP) is 0.880. The first-order valence-corrected chi connectivity index (χ1v) is 6.54. The fourth-order valence-electron chi connectivity index (χ4n) is 1.97. The van der Waals surface area contributed by atoms with E-state index in [2.05, 4.69) is 5.32 Å². The number of amides is 1. The smallest absolute Gasteiger partial charge is 0.240 e. The van der Waals surface area contributed by atoms with Gasteiger partial charge >= 0.3 is 0 Å². The largest absolute Gasteiger partial charge is 0.351 e. The molecule has 80 valence electrons. The number of rotatable bonds is 2. The van der Waals surface area contributed by atoms with Crippen molar-refractivity contribution in [2.75, 3.05) is 11.5 Å². The summed E-state index contributed by atoms with van der Waals surface area (Å²) in [6.07, 6.45) is 5.16. The van der Waals surface area contributed by atoms with Gasteiger partial charge in [-0.25, -0.2) is 0 Å². The Kier molecular flexibility index (Phi) is 3.02. The zero-order valence-corrected chi connectivity index (χ0v) is 9.24. The monoisotopic (exact) mass is 214 g/mol. The average molecular weight is 214 g/mol. The summed E-state index contributed by atoms with van der Waals surface area (Å²) in [5.74, 6) is 2.37. The quantitative estimate of drug-likeness (QED) is 0.717. The topological polar surface area (TPSA) is 55.1 Å². The molecule has 2 rings (SSSR count). The number of carbonyl (C=O) groups excluding carboxylic acids is 1. The lowest BCUT2D eigenvalue weighted by Crippen LogP contribution is -2.60. The van der Waals surface area contributed by atoms with Crippen molar-refractivity contribution in [2.24, 2.45) is 5.73 Å². The van der Waals surface area contributed by atoms with Crippen molar-refractivity contribution < 1.29 is 4.79 Å². The molecule has 4 heteroatoms. The lowest BCUT2D eigenvalue weighted by atomic mass is 9.77. The number of nitrogens with one attached hydrogen (secondary N) is 1. The van der Waals surface area contributed by atoms with Crippen molar-refractivity contribution in [3.63, 3.8) is 0 Å². The summed E-state index contributed by atoms with van der Waals surface area (Å²) in [4.78, 5) is 11.8. The molecule has 2 aliphatic rings. The molecule has 3 nitrogen and oxygen atoms in total. The van der Waals surface area contributed by atoms with E-state index in [1.165, 1.54) is 12.2 Å². The van der Waals surface area contributed by atoms with Crippen LogP contribution in [0.15, 0.2) is 0 Å². The van der Waals surface area contributed by atoms with Crippen LogP contribution >= 0.6 is 11.8 Å². The molecule has 0 radical (unpaired) electrons. The Morgan fingerprint density at radius 1 is 1.43 bits per heavy atom. The summed E-state index contributed by atoms with van der Waals surface area (Å²) in [5.41, 5.74) is 5.42. The lowest BCUT2D eigenvalue weighted by molar-refractivity contribution is -0.129. The molecule has 1 aliphatic heterocycles. The Bertz CT molecular complexity index is 222. The highest BCUT2D eigenvalue weighted by atomic mass is 32.2. The number of hydrogen-bond acceptors (Lipinski definition) is 3. The van der Waals surface area contributed by atoms with Gasteiger partial charge in [0.25, 0.3) is 0 Å². The van der Waals surface area contributed by atoms with E-state index < -0.39 is 5.54 Å². The van der Waals surface area contributed by atoms with Crippen molar-refractivity contribution >= 4 is 17.7 Å². The molecular weight excluding hydrogens is 196 g/mol. The summed E-state index contributed by atoms with van der Waals surface area (Å²) < 4.78 is 0. The van der Waals surface area contributed by atoms with Crippen LogP contribution in [0.3, 0.4) is 0 Å². The molecule has 1 amide bonds. The van der Waals surface area contributed by atoms with Crippen molar-refractivity contribution in [1.29, 1.82) is 0 Å². The Morgan fingerprint density at radius 2 is 2.21 bits per heavy atom. The summed E-state index contributed by atoms with van der Waals surface area (Å²) in [6, 6.07) is 0.363. The van der Waals surface area contributed by atoms with Gasteiger partial charge in [-0.15, -0.1) is 0 Å². The van der Waals surface area contributed by atoms with Gasteiger partial charge in [-0.1, -0.05) is 0 Å². The minimum absolute atomic E-state index is 0.0799. The lowest BCUT2D eigenvalue weighted by Gasteiger charge is -2.38. The second-order valence-electron chi connectivity index (χ2n) is 4.40. The molecule has 0 aromatic heterocycles. The molecule has 0 bridgehead atoms. The van der Waals surface area contributed by atoms with Gasteiger partial charge < -0.3 is 11.1 Å². The fraction of sp³-hybridized carbons (Fsp3) is 0.900. The normalized spacial score (nSPS) is 30.5. The first kappa shape index (κ1) is 10.3. The molecule has 1 heterocycles. The second-order valence-corrected chi connectivity index (χ2v) is 5.55. The first-order chi connectivity index (χ1) is 6.71. The molecule has 0 spiro atoms. The third-order valence-electron chi connectivity index (χ3n) is 3.19. The number of carbonyl (C=O) groups is 1. The van der Waals surface area contributed by atoms with Crippen LogP contribution < -0.4 is 11.1 Å². The molecule has 2 fully saturated rings. The fourth-order valence-corrected chi connectivity index (χ4v) is 3.04. The van der Waals surface area contributed by atoms with Gasteiger partial charge in [0.05, 0.1) is 5.54 Å². The van der Waals surface area contributed by atoms with Crippen LogP contribution in [-0.2, 0) is 4.79 Å². The highest BCUT2D eigenvalue weighted by Gasteiger charge is 2.40. The maximum Gasteiger partial charge on any atom is 0.240 e. The van der Waals surface area contributed by atoms with E-state index in [-0.39, 0.29) is 5.91 Å². The minimum Gasteiger partial charge on any atom is -0.351 e. The molecular formula is C10H18N2OS. The zero-order chi connectivity index (χ0) is 10.0. The summed E-state index contributed by atoms with van der Waals surface area (Å²) >= 11 is 1.93. The van der Waals surface area contributed by atoms with Gasteiger partial charge in [0.2, 0.25) is 5.91 Å². The van der Waals surface area contributed by atoms with E-state index >= 15 is 0 Å². The second kappa shape index (κ2) is 4.11. The molecule has 1 unspecified atom stereocenters. The predicted molar refractivity (Wildman–Crippen MR) is 59.3 cm³/mol. The van der Waals surface area contributed by atoms with Crippen molar-refractivity contribution in [1.82, 2.24) is 5.32 Å². The van der Waals surface area contributed by atoms with Gasteiger partial charge in [-0.05, 0) is 37.9 Å². The maximum atomic E-state index is 11.8. The van der Waals surface area contributed by atoms with Crippen molar-refractivity contribution in [3.8, 4) is 0 Å². The van der Waals surface area contributed by atoms with Gasteiger partial charge in [0, 0.05) is 11.8 Å². The van der Waals surface area contributed by atoms with E-state index in [0.717, 1.165) is 31.4 Å². The molecule has 1 atom stereocenters. The van der Waals surface area contributed by atoms with E-state index in [1.54, 1.807) is 0 Å². The van der Waals surface area contributed by atoms with Crippen LogP contribution in [0.25, 0.3) is 0 Å². The number of hydrogen-bond donors (Lipinski definition) is 2. The standard InChI is InChI=1S/C10H18N2OS/c11-10(4-2-5-10)9(13)12-8-3-1-6-14-7-8/h8H,1-7,11H2,(H,12,13). The van der Waals surface area contributed by atoms with E-state index in [9.17, 15) is 4.79 Å². The van der Waals surface area contributed by atoms with E-state index in [0.29, 0.717) is 6.04 Å². The van der Waals surface area contributed by atoms with E-state index in [4.69, 9.17) is 5.73 Å². The molecule has 0 aromatic carbocycles. The van der Waals surface area contributed by atoms with Crippen LogP contribution in [0.2, 0.25) is 0 Å². The minimum atomic E-state index is -0.526. The summed E-state index contributed by atoms with van der Waals surface area (Å²) in [6.45, 7) is 0. The van der Waals surface area contributed by atoms with Crippen LogP contribution in [0.5, 0.6) is 0 Å². The highest BCUT2D eigenvalue weighted by Crippen LogP contribution is 2.29. The number of thioether (sulfide) groups is 1. The third-order valence-corrected chi connectivity index (χ3v) is 4.41. The van der Waals surface area contributed by atoms with Gasteiger partial charge in [-0.2, -0.15) is 11.8 Å². The highest BCUT2D eigenvalue weighted by molar-refractivity contribution is 7.99. The molecule has 3 N–H and O–H groups in total. The Hall–Kier alpha value is -0.220. The molecule has 1 aliphatic carbocycles. The van der Waals surface area contributed by atoms with Crippen LogP contribution in [0.1, 0.15) is 32.1 Å². The summed E-state index contributed by atoms with van der Waals surface area (Å²) in [7, 11) is 0. The van der Waals surface area contributed by atoms with Gasteiger partial charge in [-0.3, -0.25) is 4.79 Å². The SMILES string of the molecule is NC1(C(=O)NC2CCCSC2)CCC1. The van der Waals surface area contributed by atoms with Crippen molar-refractivity contribution in [2.45, 2.75) is 43.7 Å². The number of nitrogens with two attached hydrogens (primary N) is 1. The average Bonchev–Trinajstić information content (AvgIpc) is 2.15. The van der Waals surface area contributed by atoms with Gasteiger partial charge in [0.1, 0.15) is 0 Å². The van der Waals surface area contributed by atoms with E-state index in [1.807, 2.05) is 11.8 Å². The molecule has 0 aromatic rings. The van der Waals surface area contributed by atoms with Gasteiger partial charge in [0.15, 0.2) is 0 Å². The Balaban J connectivity index is 1.81. The van der Waals surface area contributed by atoms with Crippen LogP contribution in [0.4, 0.5) is 0 Å². The van der Waals surface area contributed by atoms with Crippen LogP contribution in [-0.4, -0.2) is 29.0 Å². The maximum absolute atomic E-state index is 11.8. The molecule has 1 saturated heterocycles.